The summed E-state index contributed by atoms with van der Waals surface area (Å²) in [5.41, 5.74) is -0.0397. The second-order valence-corrected chi connectivity index (χ2v) is 9.72. The maximum absolute atomic E-state index is 14.0. The van der Waals surface area contributed by atoms with Crippen LogP contribution in [-0.4, -0.2) is 36.9 Å². The topological polar surface area (TPSA) is 85.0 Å². The van der Waals surface area contributed by atoms with Crippen molar-refractivity contribution in [3.8, 4) is 0 Å². The highest BCUT2D eigenvalue weighted by Crippen LogP contribution is 2.35. The number of carbonyl (C=O) groups excluding carboxylic acids is 2. The van der Waals surface area contributed by atoms with Gasteiger partial charge in [-0.15, -0.1) is 5.10 Å². The molecule has 0 unspecified atom stereocenters. The van der Waals surface area contributed by atoms with Crippen molar-refractivity contribution in [2.24, 2.45) is 7.05 Å². The lowest BCUT2D eigenvalue weighted by molar-refractivity contribution is -0.137. The maximum atomic E-state index is 14.0. The number of nitrogens with one attached hydrogen (secondary N) is 1. The van der Waals surface area contributed by atoms with Crippen LogP contribution in [0.5, 0.6) is 0 Å². The fourth-order valence-electron chi connectivity index (χ4n) is 4.14. The second kappa shape index (κ2) is 10.3. The van der Waals surface area contributed by atoms with Crippen molar-refractivity contribution in [2.45, 2.75) is 51.5 Å². The van der Waals surface area contributed by atoms with Gasteiger partial charge in [0, 0.05) is 24.5 Å². The molecule has 38 heavy (non-hydrogen) atoms. The Morgan fingerprint density at radius 3 is 2.45 bits per heavy atom. The Morgan fingerprint density at radius 2 is 1.79 bits per heavy atom. The van der Waals surface area contributed by atoms with Gasteiger partial charge in [-0.1, -0.05) is 30.3 Å². The van der Waals surface area contributed by atoms with Crippen molar-refractivity contribution in [1.29, 1.82) is 0 Å². The number of hydrogen-bond acceptors (Lipinski definition) is 4. The molecule has 2 aromatic heterocycles. The van der Waals surface area contributed by atoms with Crippen molar-refractivity contribution in [2.75, 3.05) is 4.90 Å². The number of benzene rings is 2. The van der Waals surface area contributed by atoms with Gasteiger partial charge < -0.3 is 9.88 Å². The molecule has 2 amide bonds. The van der Waals surface area contributed by atoms with Gasteiger partial charge in [-0.25, -0.2) is 4.68 Å². The molecule has 0 radical (unpaired) electrons. The molecule has 0 aliphatic rings. The number of anilines is 1. The summed E-state index contributed by atoms with van der Waals surface area (Å²) >= 11 is 0. The Morgan fingerprint density at radius 1 is 1.05 bits per heavy atom. The minimum atomic E-state index is -4.64. The van der Waals surface area contributed by atoms with Crippen LogP contribution in [0.1, 0.15) is 44.5 Å². The fraction of sp³-hybridized carbons (Fsp3) is 0.333. The van der Waals surface area contributed by atoms with Gasteiger partial charge in [0.2, 0.25) is 11.8 Å². The van der Waals surface area contributed by atoms with Crippen LogP contribution in [0.3, 0.4) is 0 Å². The van der Waals surface area contributed by atoms with Gasteiger partial charge >= 0.3 is 6.18 Å². The maximum Gasteiger partial charge on any atom is 0.416 e. The van der Waals surface area contributed by atoms with E-state index in [1.165, 1.54) is 16.8 Å². The molecule has 8 nitrogen and oxygen atoms in total. The largest absolute Gasteiger partial charge is 0.416 e. The summed E-state index contributed by atoms with van der Waals surface area (Å²) in [4.78, 5) is 28.9. The third kappa shape index (κ3) is 5.56. The molecule has 11 heteroatoms. The van der Waals surface area contributed by atoms with Crippen molar-refractivity contribution >= 4 is 28.5 Å². The summed E-state index contributed by atoms with van der Waals surface area (Å²) in [6.45, 7) is 5.24. The van der Waals surface area contributed by atoms with E-state index in [9.17, 15) is 22.8 Å². The fourth-order valence-corrected chi connectivity index (χ4v) is 4.14. The highest BCUT2D eigenvalue weighted by atomic mass is 19.4. The minimum Gasteiger partial charge on any atom is -0.352 e. The van der Waals surface area contributed by atoms with Gasteiger partial charge in [-0.2, -0.15) is 13.2 Å². The first-order valence-electron chi connectivity index (χ1n) is 12.1. The number of aromatic nitrogens is 4. The number of halogens is 3. The van der Waals surface area contributed by atoms with E-state index in [1.807, 2.05) is 20.8 Å². The molecule has 4 aromatic rings. The molecular formula is C27H29F3N6O2. The minimum absolute atomic E-state index is 0.0649. The van der Waals surface area contributed by atoms with Crippen LogP contribution in [0, 0.1) is 0 Å². The third-order valence-electron chi connectivity index (χ3n) is 6.54. The molecule has 4 rings (SSSR count). The van der Waals surface area contributed by atoms with E-state index in [-0.39, 0.29) is 12.2 Å². The van der Waals surface area contributed by atoms with Crippen molar-refractivity contribution in [1.82, 2.24) is 24.9 Å². The molecule has 0 aliphatic carbocycles. The first-order chi connectivity index (χ1) is 17.9. The lowest BCUT2D eigenvalue weighted by atomic mass is 10.00. The van der Waals surface area contributed by atoms with Crippen LogP contribution in [0.2, 0.25) is 0 Å². The average Bonchev–Trinajstić information content (AvgIpc) is 3.47. The Kier molecular flexibility index (Phi) is 7.30. The zero-order valence-electron chi connectivity index (χ0n) is 21.5. The number of fused-ring (bicyclic) bond motifs is 1. The van der Waals surface area contributed by atoms with Crippen LogP contribution in [0.4, 0.5) is 18.9 Å². The Balaban J connectivity index is 1.86. The van der Waals surface area contributed by atoms with Gasteiger partial charge in [-0.3, -0.25) is 14.5 Å². The van der Waals surface area contributed by atoms with E-state index in [2.05, 4.69) is 15.6 Å². The number of carbonyl (C=O) groups is 2. The standard InChI is InChI=1S/C27H29F3N6O2/c1-5-26(2,3)31-25(38)24(22-14-9-15-34(22)4)36(19-11-8-10-18(16-19)27(28,29)30)23(37)17-35-21-13-7-6-12-20(21)32-33-35/h6-16,24H,5,17H2,1-4H3,(H,31,38)/t24-/m0/s1. The second-order valence-electron chi connectivity index (χ2n) is 9.72. The lowest BCUT2D eigenvalue weighted by Crippen LogP contribution is -2.51. The van der Waals surface area contributed by atoms with E-state index < -0.39 is 35.1 Å². The van der Waals surface area contributed by atoms with Gasteiger partial charge in [0.15, 0.2) is 6.04 Å². The van der Waals surface area contributed by atoms with Gasteiger partial charge in [0.25, 0.3) is 0 Å². The molecule has 0 bridgehead atoms. The molecule has 0 fully saturated rings. The first-order valence-corrected chi connectivity index (χ1v) is 12.1. The van der Waals surface area contributed by atoms with E-state index >= 15 is 0 Å². The molecule has 1 N–H and O–H groups in total. The molecule has 0 saturated carbocycles. The molecule has 0 aliphatic heterocycles. The quantitative estimate of drug-likeness (QED) is 0.355. The molecule has 2 heterocycles. The Labute approximate surface area is 218 Å². The van der Waals surface area contributed by atoms with Crippen LogP contribution >= 0.6 is 0 Å². The van der Waals surface area contributed by atoms with Crippen molar-refractivity contribution in [3.63, 3.8) is 0 Å². The summed E-state index contributed by atoms with van der Waals surface area (Å²) in [7, 11) is 1.71. The Bertz CT molecular complexity index is 1460. The lowest BCUT2D eigenvalue weighted by Gasteiger charge is -2.35. The SMILES string of the molecule is CCC(C)(C)NC(=O)[C@H](c1cccn1C)N(C(=O)Cn1nnc2ccccc21)c1cccc(C(F)(F)F)c1. The van der Waals surface area contributed by atoms with E-state index in [0.29, 0.717) is 23.1 Å². The van der Waals surface area contributed by atoms with E-state index in [1.54, 1.807) is 54.2 Å². The van der Waals surface area contributed by atoms with Crippen molar-refractivity contribution in [3.05, 3.63) is 78.1 Å². The highest BCUT2D eigenvalue weighted by Gasteiger charge is 2.38. The Hall–Kier alpha value is -4.15. The smallest absolute Gasteiger partial charge is 0.352 e. The molecule has 200 valence electrons. The highest BCUT2D eigenvalue weighted by molar-refractivity contribution is 6.01. The van der Waals surface area contributed by atoms with E-state index in [4.69, 9.17) is 0 Å². The van der Waals surface area contributed by atoms with Crippen LogP contribution < -0.4 is 10.2 Å². The van der Waals surface area contributed by atoms with Crippen LogP contribution in [0.25, 0.3) is 11.0 Å². The molecule has 0 spiro atoms. The van der Waals surface area contributed by atoms with Gasteiger partial charge in [0.05, 0.1) is 16.8 Å². The number of nitrogens with zero attached hydrogens (tertiary/aromatic N) is 5. The normalized spacial score (nSPS) is 12.9. The van der Waals surface area contributed by atoms with Gasteiger partial charge in [-0.05, 0) is 62.7 Å². The number of aryl methyl sites for hydroxylation is 1. The summed E-state index contributed by atoms with van der Waals surface area (Å²) in [5.74, 6) is -1.15. The molecule has 2 aromatic carbocycles. The number of hydrogen-bond donors (Lipinski definition) is 1. The zero-order chi connectivity index (χ0) is 27.7. The number of amides is 2. The zero-order valence-corrected chi connectivity index (χ0v) is 21.5. The summed E-state index contributed by atoms with van der Waals surface area (Å²) < 4.78 is 44.0. The van der Waals surface area contributed by atoms with Crippen LogP contribution in [-0.2, 0) is 29.4 Å². The van der Waals surface area contributed by atoms with E-state index in [0.717, 1.165) is 17.0 Å². The summed E-state index contributed by atoms with van der Waals surface area (Å²) in [5, 5.41) is 11.1. The average molecular weight is 527 g/mol. The monoisotopic (exact) mass is 526 g/mol. The molecule has 1 atom stereocenters. The summed E-state index contributed by atoms with van der Waals surface area (Å²) in [6.07, 6.45) is -2.33. The predicted octanol–water partition coefficient (Wildman–Crippen LogP) is 4.87. The number of rotatable bonds is 8. The molecular weight excluding hydrogens is 497 g/mol. The van der Waals surface area contributed by atoms with Crippen molar-refractivity contribution < 1.29 is 22.8 Å². The van der Waals surface area contributed by atoms with Gasteiger partial charge in [0.1, 0.15) is 12.1 Å². The first kappa shape index (κ1) is 26.9. The predicted molar refractivity (Wildman–Crippen MR) is 137 cm³/mol. The number of alkyl halides is 3. The third-order valence-corrected chi connectivity index (χ3v) is 6.54. The molecule has 0 saturated heterocycles. The summed E-state index contributed by atoms with van der Waals surface area (Å²) in [6, 6.07) is 13.6. The van der Waals surface area contributed by atoms with Crippen LogP contribution in [0.15, 0.2) is 66.9 Å². The number of para-hydroxylation sites is 1.